The van der Waals surface area contributed by atoms with Gasteiger partial charge in [-0.25, -0.2) is 4.98 Å². The smallest absolute Gasteiger partial charge is 0.213 e. The van der Waals surface area contributed by atoms with Crippen LogP contribution in [0.15, 0.2) is 36.9 Å². The number of aromatic amines is 1. The summed E-state index contributed by atoms with van der Waals surface area (Å²) in [7, 11) is 1.90. The summed E-state index contributed by atoms with van der Waals surface area (Å²) in [5.74, 6) is 0.958. The number of hydrogen-bond donors (Lipinski definition) is 2. The molecule has 0 radical (unpaired) electrons. The molecule has 1 aromatic carbocycles. The second kappa shape index (κ2) is 5.74. The fourth-order valence-corrected chi connectivity index (χ4v) is 5.43. The molecule has 0 amide bonds. The van der Waals surface area contributed by atoms with E-state index < -0.39 is 0 Å². The Hall–Kier alpha value is -3.10. The zero-order valence-corrected chi connectivity index (χ0v) is 17.1. The highest BCUT2D eigenvalue weighted by atomic mass is 35.5. The van der Waals surface area contributed by atoms with Gasteiger partial charge in [0.25, 0.3) is 0 Å². The fourth-order valence-electron chi connectivity index (χ4n) is 5.12. The van der Waals surface area contributed by atoms with Gasteiger partial charge >= 0.3 is 0 Å². The maximum absolute atomic E-state index is 6.82. The summed E-state index contributed by atoms with van der Waals surface area (Å²) in [6.07, 6.45) is 9.00. The van der Waals surface area contributed by atoms with Crippen molar-refractivity contribution in [3.05, 3.63) is 41.9 Å². The number of H-pyrrole nitrogens is 1. The van der Waals surface area contributed by atoms with Crippen molar-refractivity contribution >= 4 is 45.1 Å². The van der Waals surface area contributed by atoms with E-state index in [0.717, 1.165) is 57.7 Å². The number of halogens is 1. The van der Waals surface area contributed by atoms with E-state index in [0.29, 0.717) is 17.1 Å². The third-order valence-corrected chi connectivity index (χ3v) is 6.91. The molecule has 150 valence electrons. The Labute approximate surface area is 176 Å². The van der Waals surface area contributed by atoms with Gasteiger partial charge in [-0.05, 0) is 12.5 Å². The molecule has 0 saturated carbocycles. The van der Waals surface area contributed by atoms with Crippen LogP contribution in [0.3, 0.4) is 0 Å². The second-order valence-electron chi connectivity index (χ2n) is 8.23. The Morgan fingerprint density at radius 3 is 2.87 bits per heavy atom. The lowest BCUT2D eigenvalue weighted by Crippen LogP contribution is -2.68. The normalized spacial score (nSPS) is 21.1. The Kier molecular flexibility index (Phi) is 3.19. The molecule has 8 nitrogen and oxygen atoms in total. The van der Waals surface area contributed by atoms with Crippen LogP contribution in [0.25, 0.3) is 38.7 Å². The number of nitrogens with zero attached hydrogens (tertiary/aromatic N) is 6. The first-order valence-electron chi connectivity index (χ1n) is 10.1. The molecule has 5 aromatic rings. The molecule has 2 unspecified atom stereocenters. The molecule has 0 aliphatic carbocycles. The van der Waals surface area contributed by atoms with Crippen LogP contribution in [0.5, 0.6) is 0 Å². The van der Waals surface area contributed by atoms with E-state index in [9.17, 15) is 0 Å². The monoisotopic (exact) mass is 418 g/mol. The van der Waals surface area contributed by atoms with E-state index in [-0.39, 0.29) is 0 Å². The van der Waals surface area contributed by atoms with Gasteiger partial charge in [-0.1, -0.05) is 17.7 Å². The quantitative estimate of drug-likeness (QED) is 0.461. The third-order valence-electron chi connectivity index (χ3n) is 6.50. The zero-order valence-electron chi connectivity index (χ0n) is 16.3. The second-order valence-corrected chi connectivity index (χ2v) is 8.61. The van der Waals surface area contributed by atoms with Crippen molar-refractivity contribution in [2.24, 2.45) is 7.05 Å². The van der Waals surface area contributed by atoms with Gasteiger partial charge in [0.05, 0.1) is 15.9 Å². The Bertz CT molecular complexity index is 1450. The maximum Gasteiger partial charge on any atom is 0.213 e. The molecule has 0 spiro atoms. The first-order valence-corrected chi connectivity index (χ1v) is 10.5. The Balaban J connectivity index is 1.47. The van der Waals surface area contributed by atoms with Gasteiger partial charge in [-0.3, -0.25) is 9.08 Å². The van der Waals surface area contributed by atoms with E-state index in [4.69, 9.17) is 21.6 Å². The number of aromatic nitrogens is 6. The largest absolute Gasteiger partial charge is 0.345 e. The standard InChI is InChI=1S/C21H19ClN8/c1-28-10-15-16(27-28)3-2-13(18(15)22)14-9-25-19-17(14)20-24-4-5-29(20)21(26-19)30-11-6-12(30)8-23-7-11/h2-5,9-12,23,25H,6-8H2,1H3. The van der Waals surface area contributed by atoms with E-state index >= 15 is 0 Å². The number of imidazole rings is 1. The molecule has 4 aromatic heterocycles. The molecule has 2 atom stereocenters. The molecule has 2 bridgehead atoms. The van der Waals surface area contributed by atoms with Gasteiger partial charge in [0, 0.05) is 73.5 Å². The SMILES string of the molecule is Cn1cc2c(Cl)c(-c3c[nH]c4nc(N5C6CNCC5C6)n5ccnc5c34)ccc2n1. The molecule has 30 heavy (non-hydrogen) atoms. The highest BCUT2D eigenvalue weighted by Gasteiger charge is 2.43. The number of hydrogen-bond acceptors (Lipinski definition) is 5. The van der Waals surface area contributed by atoms with Gasteiger partial charge in [0.2, 0.25) is 5.95 Å². The third kappa shape index (κ3) is 2.07. The summed E-state index contributed by atoms with van der Waals surface area (Å²) in [4.78, 5) is 15.5. The predicted octanol–water partition coefficient (Wildman–Crippen LogP) is 2.97. The molecular formula is C21H19ClN8. The van der Waals surface area contributed by atoms with Crippen molar-refractivity contribution in [1.82, 2.24) is 34.4 Å². The van der Waals surface area contributed by atoms with Gasteiger partial charge in [-0.2, -0.15) is 10.1 Å². The highest BCUT2D eigenvalue weighted by Crippen LogP contribution is 2.40. The minimum Gasteiger partial charge on any atom is -0.345 e. The molecule has 6 heterocycles. The molecule has 2 aliphatic heterocycles. The molecule has 2 fully saturated rings. The van der Waals surface area contributed by atoms with Gasteiger partial charge in [0.15, 0.2) is 5.65 Å². The average molecular weight is 419 g/mol. The molecule has 2 aliphatic rings. The van der Waals surface area contributed by atoms with Gasteiger partial charge in [-0.15, -0.1) is 0 Å². The van der Waals surface area contributed by atoms with E-state index in [1.165, 1.54) is 6.42 Å². The number of fused-ring (bicyclic) bond motifs is 6. The van der Waals surface area contributed by atoms with Crippen LogP contribution in [-0.4, -0.2) is 54.3 Å². The minimum atomic E-state index is 0.496. The van der Waals surface area contributed by atoms with E-state index in [1.807, 2.05) is 44.0 Å². The number of piperazine rings is 1. The van der Waals surface area contributed by atoms with Crippen LogP contribution < -0.4 is 10.2 Å². The molecule has 7 rings (SSSR count). The van der Waals surface area contributed by atoms with Crippen LogP contribution in [0.2, 0.25) is 5.02 Å². The number of nitrogens with one attached hydrogen (secondary N) is 2. The number of piperidine rings is 1. The van der Waals surface area contributed by atoms with Gasteiger partial charge in [0.1, 0.15) is 5.65 Å². The van der Waals surface area contributed by atoms with Crippen molar-refractivity contribution in [3.8, 4) is 11.1 Å². The number of rotatable bonds is 2. The van der Waals surface area contributed by atoms with Crippen molar-refractivity contribution < 1.29 is 0 Å². The van der Waals surface area contributed by atoms with Crippen LogP contribution >= 0.6 is 11.6 Å². The Morgan fingerprint density at radius 2 is 2.03 bits per heavy atom. The van der Waals surface area contributed by atoms with E-state index in [1.54, 1.807) is 4.68 Å². The zero-order chi connectivity index (χ0) is 20.0. The number of benzene rings is 1. The summed E-state index contributed by atoms with van der Waals surface area (Å²) in [5.41, 5.74) is 4.57. The summed E-state index contributed by atoms with van der Waals surface area (Å²) in [6.45, 7) is 2.01. The fraction of sp³-hybridized carbons (Fsp3) is 0.286. The van der Waals surface area contributed by atoms with Gasteiger partial charge < -0.3 is 15.2 Å². The van der Waals surface area contributed by atoms with Crippen LogP contribution in [0.1, 0.15) is 6.42 Å². The molecule has 9 heteroatoms. The lowest BCUT2D eigenvalue weighted by Gasteiger charge is -2.53. The summed E-state index contributed by atoms with van der Waals surface area (Å²) < 4.78 is 3.90. The van der Waals surface area contributed by atoms with Crippen molar-refractivity contribution in [3.63, 3.8) is 0 Å². The number of aryl methyl sites for hydroxylation is 1. The topological polar surface area (TPSA) is 79.1 Å². The predicted molar refractivity (Wildman–Crippen MR) is 117 cm³/mol. The minimum absolute atomic E-state index is 0.496. The number of anilines is 1. The highest BCUT2D eigenvalue weighted by molar-refractivity contribution is 6.38. The lowest BCUT2D eigenvalue weighted by molar-refractivity contribution is 0.257. The van der Waals surface area contributed by atoms with E-state index in [2.05, 4.69) is 24.7 Å². The molecule has 2 N–H and O–H groups in total. The van der Waals surface area contributed by atoms with Crippen LogP contribution in [0.4, 0.5) is 5.95 Å². The Morgan fingerprint density at radius 1 is 1.17 bits per heavy atom. The summed E-state index contributed by atoms with van der Waals surface area (Å²) in [5, 5.41) is 10.6. The lowest BCUT2D eigenvalue weighted by atomic mass is 9.89. The maximum atomic E-state index is 6.82. The average Bonchev–Trinajstić information content (AvgIpc) is 3.46. The summed E-state index contributed by atoms with van der Waals surface area (Å²) >= 11 is 6.82. The summed E-state index contributed by atoms with van der Waals surface area (Å²) in [6, 6.07) is 5.03. The molecular weight excluding hydrogens is 400 g/mol. The van der Waals surface area contributed by atoms with Crippen molar-refractivity contribution in [2.75, 3.05) is 18.0 Å². The molecule has 2 saturated heterocycles. The van der Waals surface area contributed by atoms with Crippen LogP contribution in [0, 0.1) is 0 Å². The van der Waals surface area contributed by atoms with Crippen molar-refractivity contribution in [2.45, 2.75) is 18.5 Å². The van der Waals surface area contributed by atoms with Crippen molar-refractivity contribution in [1.29, 1.82) is 0 Å². The first-order chi connectivity index (χ1) is 14.7. The van der Waals surface area contributed by atoms with Crippen LogP contribution in [-0.2, 0) is 7.05 Å². The first kappa shape index (κ1) is 16.7.